The molecule has 0 aromatic heterocycles. The largest absolute Gasteiger partial charge is 0.462 e. The van der Waals surface area contributed by atoms with Crippen molar-refractivity contribution in [2.24, 2.45) is 50.2 Å². The molecule has 3 nitrogen and oxygen atoms in total. The molecule has 4 saturated carbocycles. The SMILES string of the molecule is CCCCCCC=CCCCCCCCC(=O)OC1CCC2(C)C(CCC3(C)C2CC=C2C4CC(C)(C)CCC4(CO)CCC23C)C1(C)C. The molecular weight excluding hydrogens is 601 g/mol. The van der Waals surface area contributed by atoms with E-state index in [1.165, 1.54) is 116 Å². The van der Waals surface area contributed by atoms with E-state index in [1.54, 1.807) is 5.57 Å². The van der Waals surface area contributed by atoms with E-state index in [2.05, 4.69) is 73.6 Å². The van der Waals surface area contributed by atoms with Crippen LogP contribution in [0, 0.1) is 50.2 Å². The van der Waals surface area contributed by atoms with Crippen molar-refractivity contribution >= 4 is 5.97 Å². The standard InChI is InChI=1S/C46H78O3/c1-9-10-11-12-13-14-15-16-17-18-19-20-21-22-40(48)49-39-26-27-43(6)37(42(39,4)5)25-28-45(8)38(43)24-23-35-36-33-41(2,3)29-31-46(36,34-47)32-30-44(35,45)7/h14-15,23,36-39,47H,9-13,16-22,24-34H2,1-8H3. The molecule has 5 aliphatic carbocycles. The second-order valence-corrected chi connectivity index (χ2v) is 20.2. The van der Waals surface area contributed by atoms with E-state index in [9.17, 15) is 9.90 Å². The first-order valence-corrected chi connectivity index (χ1v) is 21.3. The van der Waals surface area contributed by atoms with Gasteiger partial charge in [-0.25, -0.2) is 0 Å². The van der Waals surface area contributed by atoms with Gasteiger partial charge in [-0.05, 0) is 136 Å². The summed E-state index contributed by atoms with van der Waals surface area (Å²) in [5.41, 5.74) is 2.91. The van der Waals surface area contributed by atoms with Gasteiger partial charge in [0.25, 0.3) is 0 Å². The van der Waals surface area contributed by atoms with Crippen LogP contribution in [0.3, 0.4) is 0 Å². The third kappa shape index (κ3) is 7.55. The molecule has 0 spiro atoms. The zero-order valence-electron chi connectivity index (χ0n) is 33.6. The van der Waals surface area contributed by atoms with Crippen molar-refractivity contribution in [1.29, 1.82) is 0 Å². The van der Waals surface area contributed by atoms with Crippen LogP contribution in [0.4, 0.5) is 0 Å². The Bertz CT molecular complexity index is 1180. The van der Waals surface area contributed by atoms with Gasteiger partial charge < -0.3 is 9.84 Å². The van der Waals surface area contributed by atoms with Crippen LogP contribution in [0.1, 0.15) is 197 Å². The van der Waals surface area contributed by atoms with Gasteiger partial charge >= 0.3 is 5.97 Å². The minimum Gasteiger partial charge on any atom is -0.462 e. The van der Waals surface area contributed by atoms with Crippen molar-refractivity contribution in [3.8, 4) is 0 Å². The molecule has 0 aliphatic heterocycles. The number of rotatable bonds is 15. The summed E-state index contributed by atoms with van der Waals surface area (Å²) in [6.45, 7) is 20.4. The molecule has 5 rings (SSSR count). The second-order valence-electron chi connectivity index (χ2n) is 20.2. The Kier molecular flexibility index (Phi) is 12.4. The number of esters is 1. The highest BCUT2D eigenvalue weighted by atomic mass is 16.5. The van der Waals surface area contributed by atoms with Gasteiger partial charge in [0.05, 0.1) is 0 Å². The smallest absolute Gasteiger partial charge is 0.306 e. The third-order valence-electron chi connectivity index (χ3n) is 16.5. The first-order chi connectivity index (χ1) is 23.2. The summed E-state index contributed by atoms with van der Waals surface area (Å²) in [7, 11) is 0. The number of aliphatic hydroxyl groups excluding tert-OH is 1. The molecule has 0 heterocycles. The van der Waals surface area contributed by atoms with Gasteiger partial charge in [-0.3, -0.25) is 4.79 Å². The molecule has 0 radical (unpaired) electrons. The molecule has 0 amide bonds. The van der Waals surface area contributed by atoms with E-state index >= 15 is 0 Å². The van der Waals surface area contributed by atoms with Crippen molar-refractivity contribution < 1.29 is 14.6 Å². The number of aliphatic hydroxyl groups is 1. The predicted octanol–water partition coefficient (Wildman–Crippen LogP) is 12.9. The van der Waals surface area contributed by atoms with Crippen LogP contribution in [0.5, 0.6) is 0 Å². The van der Waals surface area contributed by atoms with Crippen LogP contribution >= 0.6 is 0 Å². The Hall–Kier alpha value is -1.09. The topological polar surface area (TPSA) is 46.5 Å². The maximum Gasteiger partial charge on any atom is 0.306 e. The summed E-state index contributed by atoms with van der Waals surface area (Å²) >= 11 is 0. The van der Waals surface area contributed by atoms with E-state index in [-0.39, 0.29) is 39.1 Å². The van der Waals surface area contributed by atoms with Crippen molar-refractivity contribution in [2.75, 3.05) is 6.61 Å². The van der Waals surface area contributed by atoms with Gasteiger partial charge in [0.1, 0.15) is 6.10 Å². The average molecular weight is 679 g/mol. The van der Waals surface area contributed by atoms with Crippen molar-refractivity contribution in [3.05, 3.63) is 23.8 Å². The molecule has 5 aliphatic rings. The molecule has 3 heteroatoms. The Morgan fingerprint density at radius 3 is 2.14 bits per heavy atom. The quantitative estimate of drug-likeness (QED) is 0.106. The number of hydrogen-bond acceptors (Lipinski definition) is 3. The summed E-state index contributed by atoms with van der Waals surface area (Å²) in [5, 5.41) is 10.8. The first kappa shape index (κ1) is 39.1. The van der Waals surface area contributed by atoms with E-state index < -0.39 is 0 Å². The lowest BCUT2D eigenvalue weighted by molar-refractivity contribution is -0.213. The van der Waals surface area contributed by atoms with E-state index in [1.807, 2.05) is 0 Å². The molecular formula is C46H78O3. The summed E-state index contributed by atoms with van der Waals surface area (Å²) in [6.07, 6.45) is 33.7. The number of ether oxygens (including phenoxy) is 1. The fourth-order valence-electron chi connectivity index (χ4n) is 13.0. The molecule has 0 saturated heterocycles. The zero-order chi connectivity index (χ0) is 35.6. The van der Waals surface area contributed by atoms with Crippen LogP contribution in [-0.2, 0) is 9.53 Å². The molecule has 0 bridgehead atoms. The average Bonchev–Trinajstić information content (AvgIpc) is 3.05. The van der Waals surface area contributed by atoms with Gasteiger partial charge in [-0.2, -0.15) is 0 Å². The number of fused-ring (bicyclic) bond motifs is 7. The molecule has 280 valence electrons. The molecule has 8 unspecified atom stereocenters. The zero-order valence-corrected chi connectivity index (χ0v) is 33.6. The van der Waals surface area contributed by atoms with Gasteiger partial charge in [-0.1, -0.05) is 118 Å². The Morgan fingerprint density at radius 2 is 1.45 bits per heavy atom. The van der Waals surface area contributed by atoms with Crippen molar-refractivity contribution in [1.82, 2.24) is 0 Å². The number of hydrogen-bond donors (Lipinski definition) is 1. The second kappa shape index (κ2) is 15.5. The van der Waals surface area contributed by atoms with E-state index in [4.69, 9.17) is 4.74 Å². The van der Waals surface area contributed by atoms with Gasteiger partial charge in [0, 0.05) is 23.9 Å². The lowest BCUT2D eigenvalue weighted by atomic mass is 9.33. The summed E-state index contributed by atoms with van der Waals surface area (Å²) < 4.78 is 6.39. The molecule has 4 fully saturated rings. The molecule has 0 aromatic rings. The van der Waals surface area contributed by atoms with Crippen LogP contribution in [0.15, 0.2) is 23.8 Å². The summed E-state index contributed by atoms with van der Waals surface area (Å²) in [4.78, 5) is 13.2. The van der Waals surface area contributed by atoms with E-state index in [0.717, 1.165) is 19.3 Å². The highest BCUT2D eigenvalue weighted by Gasteiger charge is 2.68. The van der Waals surface area contributed by atoms with E-state index in [0.29, 0.717) is 36.2 Å². The van der Waals surface area contributed by atoms with Gasteiger partial charge in [0.15, 0.2) is 0 Å². The molecule has 8 atom stereocenters. The number of unbranched alkanes of at least 4 members (excludes halogenated alkanes) is 9. The summed E-state index contributed by atoms with van der Waals surface area (Å²) in [5.74, 6) is 1.79. The normalized spacial score (nSPS) is 39.3. The predicted molar refractivity (Wildman–Crippen MR) is 206 cm³/mol. The summed E-state index contributed by atoms with van der Waals surface area (Å²) in [6, 6.07) is 0. The number of carbonyl (C=O) groups excluding carboxylic acids is 1. The first-order valence-electron chi connectivity index (χ1n) is 21.3. The van der Waals surface area contributed by atoms with Gasteiger partial charge in [-0.15, -0.1) is 0 Å². The molecule has 1 N–H and O–H groups in total. The Morgan fingerprint density at radius 1 is 0.796 bits per heavy atom. The van der Waals surface area contributed by atoms with Crippen LogP contribution in [-0.4, -0.2) is 23.8 Å². The van der Waals surface area contributed by atoms with Crippen molar-refractivity contribution in [2.45, 2.75) is 203 Å². The van der Waals surface area contributed by atoms with Gasteiger partial charge in [0.2, 0.25) is 0 Å². The molecule has 49 heavy (non-hydrogen) atoms. The highest BCUT2D eigenvalue weighted by Crippen LogP contribution is 2.75. The Balaban J connectivity index is 1.14. The maximum absolute atomic E-state index is 13.2. The van der Waals surface area contributed by atoms with Crippen LogP contribution < -0.4 is 0 Å². The maximum atomic E-state index is 13.2. The minimum atomic E-state index is -0.00952. The van der Waals surface area contributed by atoms with Crippen molar-refractivity contribution in [3.63, 3.8) is 0 Å². The van der Waals surface area contributed by atoms with Crippen LogP contribution in [0.2, 0.25) is 0 Å². The number of carbonyl (C=O) groups is 1. The van der Waals surface area contributed by atoms with Crippen LogP contribution in [0.25, 0.3) is 0 Å². The molecule has 0 aromatic carbocycles. The lowest BCUT2D eigenvalue weighted by Gasteiger charge is -2.71. The fourth-order valence-corrected chi connectivity index (χ4v) is 13.0. The minimum absolute atomic E-state index is 0.00952. The lowest BCUT2D eigenvalue weighted by Crippen LogP contribution is -2.65. The fraction of sp³-hybridized carbons (Fsp3) is 0.891. The number of allylic oxidation sites excluding steroid dienone is 4. The third-order valence-corrected chi connectivity index (χ3v) is 16.5. The highest BCUT2D eigenvalue weighted by molar-refractivity contribution is 5.69. The Labute approximate surface area is 303 Å². The monoisotopic (exact) mass is 679 g/mol.